The van der Waals surface area contributed by atoms with Gasteiger partial charge in [0.25, 0.3) is 0 Å². The lowest BCUT2D eigenvalue weighted by molar-refractivity contribution is 0.785. The summed E-state index contributed by atoms with van der Waals surface area (Å²) in [7, 11) is 0. The summed E-state index contributed by atoms with van der Waals surface area (Å²) in [6.45, 7) is 1.87. The first-order valence-electron chi connectivity index (χ1n) is 4.34. The molecule has 0 fully saturated rings. The van der Waals surface area contributed by atoms with Crippen LogP contribution in [0.5, 0.6) is 0 Å². The Kier molecular flexibility index (Phi) is 3.16. The van der Waals surface area contributed by atoms with E-state index in [0.29, 0.717) is 11.6 Å². The Labute approximate surface area is 101 Å². The highest BCUT2D eigenvalue weighted by Crippen LogP contribution is 2.21. The van der Waals surface area contributed by atoms with Crippen molar-refractivity contribution in [1.29, 1.82) is 0 Å². The molecule has 0 aromatic carbocycles. The molecule has 1 atom stereocenters. The molecule has 0 bridgehead atoms. The van der Waals surface area contributed by atoms with Crippen molar-refractivity contribution in [1.82, 2.24) is 30.4 Å². The topological polar surface area (TPSA) is 92.3 Å². The van der Waals surface area contributed by atoms with Gasteiger partial charge in [-0.2, -0.15) is 10.1 Å². The van der Waals surface area contributed by atoms with Gasteiger partial charge in [0.05, 0.1) is 6.04 Å². The van der Waals surface area contributed by atoms with Crippen LogP contribution in [0.1, 0.15) is 18.8 Å². The van der Waals surface area contributed by atoms with Gasteiger partial charge in [0.1, 0.15) is 12.2 Å². The van der Waals surface area contributed by atoms with E-state index in [0.717, 1.165) is 0 Å². The van der Waals surface area contributed by atoms with Gasteiger partial charge < -0.3 is 5.32 Å². The molecule has 2 heterocycles. The van der Waals surface area contributed by atoms with Gasteiger partial charge in [0.15, 0.2) is 11.0 Å². The Balaban J connectivity index is 2.17. The first-order chi connectivity index (χ1) is 7.66. The summed E-state index contributed by atoms with van der Waals surface area (Å²) in [6, 6.07) is -0.146. The average Bonchev–Trinajstić information content (AvgIpc) is 2.76. The number of rotatable bonds is 3. The lowest BCUT2D eigenvalue weighted by Crippen LogP contribution is -2.11. The Bertz CT molecular complexity index is 472. The largest absolute Gasteiger partial charge is 0.358 e. The summed E-state index contributed by atoms with van der Waals surface area (Å²) >= 11 is 11.4. The average molecular weight is 260 g/mol. The smallest absolute Gasteiger partial charge is 0.245 e. The summed E-state index contributed by atoms with van der Waals surface area (Å²) < 4.78 is 0. The Morgan fingerprint density at radius 1 is 1.38 bits per heavy atom. The van der Waals surface area contributed by atoms with Crippen LogP contribution in [0.3, 0.4) is 0 Å². The zero-order valence-corrected chi connectivity index (χ0v) is 9.66. The molecule has 2 N–H and O–H groups in total. The van der Waals surface area contributed by atoms with Gasteiger partial charge in [-0.3, -0.25) is 5.10 Å². The quantitative estimate of drug-likeness (QED) is 0.868. The van der Waals surface area contributed by atoms with Crippen LogP contribution < -0.4 is 5.32 Å². The van der Waals surface area contributed by atoms with Crippen LogP contribution in [0, 0.1) is 0 Å². The minimum atomic E-state index is -0.146. The normalized spacial score (nSPS) is 12.4. The molecule has 16 heavy (non-hydrogen) atoms. The molecule has 9 heteroatoms. The molecule has 0 aliphatic rings. The number of H-pyrrole nitrogens is 1. The summed E-state index contributed by atoms with van der Waals surface area (Å²) in [4.78, 5) is 7.90. The molecule has 0 aliphatic carbocycles. The number of aromatic amines is 1. The molecule has 0 saturated heterocycles. The lowest BCUT2D eigenvalue weighted by Gasteiger charge is -2.11. The van der Waals surface area contributed by atoms with E-state index in [1.807, 2.05) is 6.92 Å². The second-order valence-corrected chi connectivity index (χ2v) is 3.65. The van der Waals surface area contributed by atoms with E-state index >= 15 is 0 Å². The molecule has 0 aliphatic heterocycles. The maximum atomic E-state index is 5.80. The van der Waals surface area contributed by atoms with Crippen molar-refractivity contribution in [3.05, 3.63) is 22.6 Å². The van der Waals surface area contributed by atoms with Gasteiger partial charge in [-0.15, -0.1) is 10.2 Å². The maximum absolute atomic E-state index is 5.80. The van der Waals surface area contributed by atoms with Crippen LogP contribution in [-0.2, 0) is 0 Å². The third-order valence-electron chi connectivity index (χ3n) is 1.82. The molecule has 2 rings (SSSR count). The third kappa shape index (κ3) is 2.37. The van der Waals surface area contributed by atoms with Gasteiger partial charge >= 0.3 is 0 Å². The first kappa shape index (κ1) is 11.0. The predicted octanol–water partition coefficient (Wildman–Crippen LogP) is 1.47. The van der Waals surface area contributed by atoms with Crippen LogP contribution in [0.4, 0.5) is 5.82 Å². The van der Waals surface area contributed by atoms with E-state index < -0.39 is 0 Å². The molecule has 84 valence electrons. The van der Waals surface area contributed by atoms with Gasteiger partial charge in [-0.1, -0.05) is 11.6 Å². The van der Waals surface area contributed by atoms with Crippen molar-refractivity contribution in [3.63, 3.8) is 0 Å². The zero-order valence-electron chi connectivity index (χ0n) is 8.15. The van der Waals surface area contributed by atoms with Crippen LogP contribution in [0.15, 0.2) is 6.33 Å². The SMILES string of the molecule is CC(Nc1nc(Cl)nnc1Cl)c1ncn[nH]1. The monoisotopic (exact) mass is 259 g/mol. The number of halogens is 2. The highest BCUT2D eigenvalue weighted by atomic mass is 35.5. The van der Waals surface area contributed by atoms with E-state index in [9.17, 15) is 0 Å². The van der Waals surface area contributed by atoms with E-state index in [4.69, 9.17) is 23.2 Å². The lowest BCUT2D eigenvalue weighted by atomic mass is 10.3. The summed E-state index contributed by atoms with van der Waals surface area (Å²) in [5.74, 6) is 1.01. The van der Waals surface area contributed by atoms with Crippen molar-refractivity contribution in [2.24, 2.45) is 0 Å². The molecule has 0 amide bonds. The van der Waals surface area contributed by atoms with E-state index in [1.165, 1.54) is 6.33 Å². The molecule has 2 aromatic heterocycles. The number of nitrogens with zero attached hydrogens (tertiary/aromatic N) is 5. The molecule has 0 radical (unpaired) electrons. The van der Waals surface area contributed by atoms with Crippen molar-refractivity contribution in [2.45, 2.75) is 13.0 Å². The Morgan fingerprint density at radius 3 is 2.88 bits per heavy atom. The van der Waals surface area contributed by atoms with Gasteiger partial charge in [-0.05, 0) is 18.5 Å². The summed E-state index contributed by atoms with van der Waals surface area (Å²) in [5, 5.41) is 16.8. The van der Waals surface area contributed by atoms with Gasteiger partial charge in [0.2, 0.25) is 5.28 Å². The van der Waals surface area contributed by atoms with E-state index in [-0.39, 0.29) is 16.5 Å². The van der Waals surface area contributed by atoms with E-state index in [1.54, 1.807) is 0 Å². The highest BCUT2D eigenvalue weighted by molar-refractivity contribution is 6.32. The summed E-state index contributed by atoms with van der Waals surface area (Å²) in [6.07, 6.45) is 1.42. The number of aromatic nitrogens is 6. The fourth-order valence-electron chi connectivity index (χ4n) is 1.08. The number of nitrogens with one attached hydrogen (secondary N) is 2. The van der Waals surface area contributed by atoms with E-state index in [2.05, 4.69) is 35.7 Å². The number of anilines is 1. The minimum absolute atomic E-state index is 0.0247. The van der Waals surface area contributed by atoms with Crippen LogP contribution in [0.2, 0.25) is 10.4 Å². The fourth-order valence-corrected chi connectivity index (χ4v) is 1.34. The Hall–Kier alpha value is -1.47. The van der Waals surface area contributed by atoms with Crippen molar-refractivity contribution >= 4 is 29.0 Å². The predicted molar refractivity (Wildman–Crippen MR) is 58.3 cm³/mol. The van der Waals surface area contributed by atoms with Crippen molar-refractivity contribution < 1.29 is 0 Å². The van der Waals surface area contributed by atoms with Crippen LogP contribution in [0.25, 0.3) is 0 Å². The zero-order chi connectivity index (χ0) is 11.5. The molecule has 7 nitrogen and oxygen atoms in total. The van der Waals surface area contributed by atoms with Crippen molar-refractivity contribution in [2.75, 3.05) is 5.32 Å². The number of hydrogen-bond donors (Lipinski definition) is 2. The van der Waals surface area contributed by atoms with Crippen LogP contribution in [-0.4, -0.2) is 30.4 Å². The second-order valence-electron chi connectivity index (χ2n) is 2.96. The van der Waals surface area contributed by atoms with Crippen molar-refractivity contribution in [3.8, 4) is 0 Å². The highest BCUT2D eigenvalue weighted by Gasteiger charge is 2.12. The molecular weight excluding hydrogens is 253 g/mol. The van der Waals surface area contributed by atoms with Gasteiger partial charge in [-0.25, -0.2) is 4.98 Å². The minimum Gasteiger partial charge on any atom is -0.358 e. The maximum Gasteiger partial charge on any atom is 0.245 e. The molecule has 1 unspecified atom stereocenters. The first-order valence-corrected chi connectivity index (χ1v) is 5.10. The Morgan fingerprint density at radius 2 is 2.19 bits per heavy atom. The molecule has 2 aromatic rings. The summed E-state index contributed by atoms with van der Waals surface area (Å²) in [5.41, 5.74) is 0. The fraction of sp³-hybridized carbons (Fsp3) is 0.286. The standard InChI is InChI=1S/C7H7Cl2N7/c1-3(5-10-2-11-15-5)12-6-4(8)14-16-7(9)13-6/h2-3H,1H3,(H,10,11,15)(H,12,13,16). The molecule has 0 spiro atoms. The molecular formula is C7H7Cl2N7. The number of hydrogen-bond acceptors (Lipinski definition) is 6. The van der Waals surface area contributed by atoms with Crippen LogP contribution >= 0.6 is 23.2 Å². The molecule has 0 saturated carbocycles. The second kappa shape index (κ2) is 4.58. The van der Waals surface area contributed by atoms with Gasteiger partial charge in [0, 0.05) is 0 Å². The third-order valence-corrected chi connectivity index (χ3v) is 2.23.